The van der Waals surface area contributed by atoms with Crippen LogP contribution in [0.2, 0.25) is 0 Å². The van der Waals surface area contributed by atoms with E-state index in [1.54, 1.807) is 0 Å². The van der Waals surface area contributed by atoms with E-state index in [2.05, 4.69) is 4.72 Å². The van der Waals surface area contributed by atoms with Crippen LogP contribution < -0.4 is 10.5 Å². The van der Waals surface area contributed by atoms with Crippen LogP contribution in [0.25, 0.3) is 0 Å². The third kappa shape index (κ3) is 3.29. The number of hydrogen-bond donors (Lipinski definition) is 3. The summed E-state index contributed by atoms with van der Waals surface area (Å²) in [6.07, 6.45) is 4.26. The average Bonchev–Trinajstić information content (AvgIpc) is 2.32. The molecule has 20 heavy (non-hydrogen) atoms. The minimum atomic E-state index is -3.85. The Balaban J connectivity index is 2.14. The second-order valence-electron chi connectivity index (χ2n) is 5.04. The minimum absolute atomic E-state index is 0.217. The lowest BCUT2D eigenvalue weighted by Crippen LogP contribution is -2.29. The Hall–Kier alpha value is -1.60. The average molecular weight is 298 g/mol. The molecule has 0 atom stereocenters. The number of rotatable bonds is 6. The first-order chi connectivity index (χ1) is 9.40. The van der Waals surface area contributed by atoms with Gasteiger partial charge in [-0.2, -0.15) is 0 Å². The quantitative estimate of drug-likeness (QED) is 0.688. The number of hydrogen-bond acceptors (Lipinski definition) is 4. The second-order valence-corrected chi connectivity index (χ2v) is 6.78. The highest BCUT2D eigenvalue weighted by atomic mass is 32.2. The highest BCUT2D eigenvalue weighted by molar-refractivity contribution is 7.89. The number of anilines is 1. The molecule has 4 N–H and O–H groups in total. The lowest BCUT2D eigenvalue weighted by molar-refractivity contribution is 0.0692. The van der Waals surface area contributed by atoms with Crippen molar-refractivity contribution in [3.63, 3.8) is 0 Å². The summed E-state index contributed by atoms with van der Waals surface area (Å²) in [6.45, 7) is 0.320. The summed E-state index contributed by atoms with van der Waals surface area (Å²) >= 11 is 0. The maximum absolute atomic E-state index is 12.2. The van der Waals surface area contributed by atoms with Gasteiger partial charge in [-0.25, -0.2) is 17.9 Å². The van der Waals surface area contributed by atoms with Crippen LogP contribution in [0.3, 0.4) is 0 Å². The first kappa shape index (κ1) is 14.8. The Morgan fingerprint density at radius 2 is 2.10 bits per heavy atom. The van der Waals surface area contributed by atoms with Crippen molar-refractivity contribution in [2.75, 3.05) is 12.3 Å². The summed E-state index contributed by atoms with van der Waals surface area (Å²) in [5, 5.41) is 9.05. The van der Waals surface area contributed by atoms with Crippen LogP contribution in [0.1, 0.15) is 36.0 Å². The van der Waals surface area contributed by atoms with Crippen molar-refractivity contribution in [3.05, 3.63) is 23.8 Å². The number of aromatic carboxylic acids is 1. The fourth-order valence-electron chi connectivity index (χ4n) is 2.19. The number of nitrogens with two attached hydrogens (primary N) is 1. The molecular formula is C13H18N2O4S. The summed E-state index contributed by atoms with van der Waals surface area (Å²) in [4.78, 5) is 10.8. The molecule has 0 heterocycles. The van der Waals surface area contributed by atoms with Crippen LogP contribution in [0.5, 0.6) is 0 Å². The molecule has 0 saturated heterocycles. The fraction of sp³-hybridized carbons (Fsp3) is 0.462. The number of nitrogens with one attached hydrogen (secondary N) is 1. The molecule has 2 rings (SSSR count). The van der Waals surface area contributed by atoms with Gasteiger partial charge in [-0.15, -0.1) is 0 Å². The fourth-order valence-corrected chi connectivity index (χ4v) is 3.47. The van der Waals surface area contributed by atoms with Crippen molar-refractivity contribution in [1.29, 1.82) is 0 Å². The van der Waals surface area contributed by atoms with E-state index in [0.717, 1.165) is 19.3 Å². The van der Waals surface area contributed by atoms with E-state index < -0.39 is 16.0 Å². The van der Waals surface area contributed by atoms with Crippen molar-refractivity contribution in [2.24, 2.45) is 5.92 Å². The standard InChI is InChI=1S/C13H18N2O4S/c14-10-4-5-11(13(16)17)12(8-10)20(18,19)15-7-6-9-2-1-3-9/h4-5,8-9,15H,1-3,6-7,14H2,(H,16,17). The normalized spacial score (nSPS) is 15.8. The van der Waals surface area contributed by atoms with Crippen molar-refractivity contribution < 1.29 is 18.3 Å². The molecule has 1 fully saturated rings. The van der Waals surface area contributed by atoms with E-state index in [4.69, 9.17) is 10.8 Å². The number of sulfonamides is 1. The Morgan fingerprint density at radius 3 is 2.65 bits per heavy atom. The molecule has 1 aromatic carbocycles. The molecular weight excluding hydrogens is 280 g/mol. The summed E-state index contributed by atoms with van der Waals surface area (Å²) in [6, 6.07) is 3.75. The molecule has 0 spiro atoms. The molecule has 0 aromatic heterocycles. The SMILES string of the molecule is Nc1ccc(C(=O)O)c(S(=O)(=O)NCCC2CCC2)c1. The Labute approximate surface area is 118 Å². The summed E-state index contributed by atoms with van der Waals surface area (Å²) in [5.41, 5.74) is 5.50. The van der Waals surface area contributed by atoms with Crippen LogP contribution in [0.4, 0.5) is 5.69 Å². The summed E-state index contributed by atoms with van der Waals surface area (Å²) < 4.78 is 26.8. The molecule has 1 aliphatic rings. The van der Waals surface area contributed by atoms with Crippen LogP contribution in [0, 0.1) is 5.92 Å². The third-order valence-corrected chi connectivity index (χ3v) is 5.10. The first-order valence-electron chi connectivity index (χ1n) is 6.52. The lowest BCUT2D eigenvalue weighted by Gasteiger charge is -2.25. The predicted octanol–water partition coefficient (Wildman–Crippen LogP) is 1.44. The first-order valence-corrected chi connectivity index (χ1v) is 8.01. The largest absolute Gasteiger partial charge is 0.478 e. The molecule has 1 aromatic rings. The number of carboxylic acid groups (broad SMARTS) is 1. The predicted molar refractivity (Wildman–Crippen MR) is 75.0 cm³/mol. The zero-order chi connectivity index (χ0) is 14.8. The summed E-state index contributed by atoms with van der Waals surface area (Å²) in [7, 11) is -3.85. The van der Waals surface area contributed by atoms with Crippen LogP contribution in [-0.4, -0.2) is 26.0 Å². The molecule has 110 valence electrons. The number of benzene rings is 1. The topological polar surface area (TPSA) is 109 Å². The van der Waals surface area contributed by atoms with E-state index in [1.165, 1.54) is 24.6 Å². The molecule has 0 radical (unpaired) electrons. The summed E-state index contributed by atoms with van der Waals surface area (Å²) in [5.74, 6) is -0.707. The lowest BCUT2D eigenvalue weighted by atomic mass is 9.83. The zero-order valence-electron chi connectivity index (χ0n) is 11.0. The molecule has 6 nitrogen and oxygen atoms in total. The molecule has 1 saturated carbocycles. The van der Waals surface area contributed by atoms with Crippen molar-refractivity contribution in [1.82, 2.24) is 4.72 Å². The van der Waals surface area contributed by atoms with Crippen LogP contribution in [0.15, 0.2) is 23.1 Å². The zero-order valence-corrected chi connectivity index (χ0v) is 11.8. The third-order valence-electron chi connectivity index (χ3n) is 3.60. The van der Waals surface area contributed by atoms with Crippen LogP contribution >= 0.6 is 0 Å². The van der Waals surface area contributed by atoms with E-state index in [0.29, 0.717) is 12.5 Å². The van der Waals surface area contributed by atoms with Crippen molar-refractivity contribution in [3.8, 4) is 0 Å². The van der Waals surface area contributed by atoms with Crippen LogP contribution in [-0.2, 0) is 10.0 Å². The maximum atomic E-state index is 12.2. The maximum Gasteiger partial charge on any atom is 0.337 e. The van der Waals surface area contributed by atoms with Gasteiger partial charge in [-0.1, -0.05) is 19.3 Å². The number of carboxylic acids is 1. The Bertz CT molecular complexity index is 609. The highest BCUT2D eigenvalue weighted by Crippen LogP contribution is 2.29. The molecule has 0 aliphatic heterocycles. The number of carbonyl (C=O) groups is 1. The van der Waals surface area contributed by atoms with E-state index in [-0.39, 0.29) is 16.1 Å². The van der Waals surface area contributed by atoms with Gasteiger partial charge in [-0.3, -0.25) is 0 Å². The van der Waals surface area contributed by atoms with Gasteiger partial charge in [-0.05, 0) is 30.5 Å². The Kier molecular flexibility index (Phi) is 4.29. The minimum Gasteiger partial charge on any atom is -0.478 e. The van der Waals surface area contributed by atoms with Gasteiger partial charge in [0.25, 0.3) is 0 Å². The molecule has 0 bridgehead atoms. The monoisotopic (exact) mass is 298 g/mol. The highest BCUT2D eigenvalue weighted by Gasteiger charge is 2.23. The second kappa shape index (κ2) is 5.80. The van der Waals surface area contributed by atoms with Crippen molar-refractivity contribution >= 4 is 21.7 Å². The van der Waals surface area contributed by atoms with Gasteiger partial charge < -0.3 is 10.8 Å². The van der Waals surface area contributed by atoms with Gasteiger partial charge in [0.1, 0.15) is 0 Å². The smallest absolute Gasteiger partial charge is 0.337 e. The molecule has 7 heteroatoms. The van der Waals surface area contributed by atoms with Gasteiger partial charge in [0, 0.05) is 12.2 Å². The molecule has 0 amide bonds. The van der Waals surface area contributed by atoms with E-state index in [1.807, 2.05) is 0 Å². The molecule has 1 aliphatic carbocycles. The molecule has 0 unspecified atom stereocenters. The van der Waals surface area contributed by atoms with E-state index in [9.17, 15) is 13.2 Å². The number of nitrogen functional groups attached to an aromatic ring is 1. The van der Waals surface area contributed by atoms with Gasteiger partial charge in [0.05, 0.1) is 10.5 Å². The Morgan fingerprint density at radius 1 is 1.40 bits per heavy atom. The van der Waals surface area contributed by atoms with Crippen molar-refractivity contribution in [2.45, 2.75) is 30.6 Å². The van der Waals surface area contributed by atoms with Gasteiger partial charge >= 0.3 is 5.97 Å². The van der Waals surface area contributed by atoms with Gasteiger partial charge in [0.2, 0.25) is 10.0 Å². The van der Waals surface area contributed by atoms with E-state index >= 15 is 0 Å². The van der Waals surface area contributed by atoms with Gasteiger partial charge in [0.15, 0.2) is 0 Å².